The van der Waals surface area contributed by atoms with Crippen LogP contribution in [0.5, 0.6) is 0 Å². The number of anilines is 1. The van der Waals surface area contributed by atoms with Gasteiger partial charge < -0.3 is 5.32 Å². The molecule has 1 aliphatic rings. The fraction of sp³-hybridized carbons (Fsp3) is 0.455. The summed E-state index contributed by atoms with van der Waals surface area (Å²) in [5, 5.41) is 8.89. The second kappa shape index (κ2) is 5.44. The van der Waals surface area contributed by atoms with Crippen molar-refractivity contribution in [3.05, 3.63) is 18.5 Å². The minimum Gasteiger partial charge on any atom is -0.345 e. The Labute approximate surface area is 104 Å². The topological polar surface area (TPSA) is 88.9 Å². The van der Waals surface area contributed by atoms with Gasteiger partial charge in [0, 0.05) is 13.1 Å². The van der Waals surface area contributed by atoms with E-state index in [0.29, 0.717) is 0 Å². The van der Waals surface area contributed by atoms with Crippen LogP contribution in [0.2, 0.25) is 0 Å². The van der Waals surface area contributed by atoms with Crippen molar-refractivity contribution >= 4 is 17.8 Å². The first-order valence-electron chi connectivity index (χ1n) is 5.77. The van der Waals surface area contributed by atoms with Gasteiger partial charge in [-0.15, -0.1) is 0 Å². The summed E-state index contributed by atoms with van der Waals surface area (Å²) in [5.74, 6) is -1.11. The van der Waals surface area contributed by atoms with E-state index < -0.39 is 11.8 Å². The Hall–Kier alpha value is -2.18. The third-order valence-corrected chi connectivity index (χ3v) is 2.75. The molecule has 1 aliphatic carbocycles. The van der Waals surface area contributed by atoms with Gasteiger partial charge in [-0.1, -0.05) is 12.2 Å². The number of hydrogen-bond acceptors (Lipinski definition) is 4. The lowest BCUT2D eigenvalue weighted by Crippen LogP contribution is -2.42. The molecule has 0 spiro atoms. The van der Waals surface area contributed by atoms with Crippen molar-refractivity contribution in [2.75, 3.05) is 5.32 Å². The average molecular weight is 249 g/mol. The van der Waals surface area contributed by atoms with E-state index in [2.05, 4.69) is 26.8 Å². The zero-order chi connectivity index (χ0) is 13.0. The van der Waals surface area contributed by atoms with Gasteiger partial charge in [0.2, 0.25) is 5.95 Å². The van der Waals surface area contributed by atoms with Crippen molar-refractivity contribution in [3.63, 3.8) is 0 Å². The maximum absolute atomic E-state index is 11.6. The van der Waals surface area contributed by atoms with Crippen LogP contribution in [0.15, 0.2) is 18.5 Å². The first-order valence-corrected chi connectivity index (χ1v) is 5.77. The van der Waals surface area contributed by atoms with E-state index in [1.807, 2.05) is 6.08 Å². The maximum Gasteiger partial charge on any atom is 0.316 e. The molecule has 0 saturated carbocycles. The summed E-state index contributed by atoms with van der Waals surface area (Å²) in [6.07, 6.45) is 7.94. The number of aromatic nitrogens is 3. The second-order valence-electron chi connectivity index (χ2n) is 4.12. The Morgan fingerprint density at radius 1 is 1.39 bits per heavy atom. The van der Waals surface area contributed by atoms with Crippen molar-refractivity contribution in [1.29, 1.82) is 0 Å². The van der Waals surface area contributed by atoms with E-state index in [-0.39, 0.29) is 12.0 Å². The van der Waals surface area contributed by atoms with E-state index in [1.165, 1.54) is 11.0 Å². The lowest BCUT2D eigenvalue weighted by atomic mass is 10.0. The maximum atomic E-state index is 11.6. The van der Waals surface area contributed by atoms with Crippen LogP contribution >= 0.6 is 0 Å². The minimum absolute atomic E-state index is 0.0350. The Morgan fingerprint density at radius 2 is 2.22 bits per heavy atom. The summed E-state index contributed by atoms with van der Waals surface area (Å²) in [7, 11) is 1.63. The van der Waals surface area contributed by atoms with E-state index in [1.54, 1.807) is 7.05 Å². The highest BCUT2D eigenvalue weighted by Gasteiger charge is 2.20. The van der Waals surface area contributed by atoms with Crippen LogP contribution in [-0.2, 0) is 16.6 Å². The summed E-state index contributed by atoms with van der Waals surface area (Å²) < 4.78 is 1.38. The number of hydrogen-bond donors (Lipinski definition) is 2. The highest BCUT2D eigenvalue weighted by atomic mass is 16.2. The molecule has 1 atom stereocenters. The predicted octanol–water partition coefficient (Wildman–Crippen LogP) is -0.0215. The number of allylic oxidation sites excluding steroid dienone is 1. The van der Waals surface area contributed by atoms with Crippen LogP contribution in [-0.4, -0.2) is 32.6 Å². The third-order valence-electron chi connectivity index (χ3n) is 2.75. The molecule has 2 amide bonds. The second-order valence-corrected chi connectivity index (χ2v) is 4.12. The number of nitrogens with zero attached hydrogens (tertiary/aromatic N) is 3. The molecule has 96 valence electrons. The van der Waals surface area contributed by atoms with Gasteiger partial charge in [0.25, 0.3) is 0 Å². The highest BCUT2D eigenvalue weighted by molar-refractivity contribution is 6.39. The van der Waals surface area contributed by atoms with E-state index in [0.717, 1.165) is 19.3 Å². The lowest BCUT2D eigenvalue weighted by Gasteiger charge is -2.18. The van der Waals surface area contributed by atoms with E-state index in [9.17, 15) is 9.59 Å². The predicted molar refractivity (Wildman–Crippen MR) is 64.6 cm³/mol. The van der Waals surface area contributed by atoms with Crippen LogP contribution < -0.4 is 10.6 Å². The Kier molecular flexibility index (Phi) is 3.71. The van der Waals surface area contributed by atoms with Crippen molar-refractivity contribution < 1.29 is 9.59 Å². The van der Waals surface area contributed by atoms with Gasteiger partial charge in [0.05, 0.1) is 0 Å². The van der Waals surface area contributed by atoms with Crippen LogP contribution in [0.4, 0.5) is 5.95 Å². The summed E-state index contributed by atoms with van der Waals surface area (Å²) >= 11 is 0. The molecule has 0 saturated heterocycles. The molecule has 1 heterocycles. The monoisotopic (exact) mass is 249 g/mol. The molecule has 7 heteroatoms. The standard InChI is InChI=1S/C11H15N5O2/c1-16-11(12-7-13-16)15-10(18)9(17)14-8-5-3-2-4-6-8/h2-3,7-8H,4-6H2,1H3,(H,14,17)(H,12,13,15,18)/t8-/m0/s1. The molecule has 0 aliphatic heterocycles. The molecule has 1 aromatic rings. The number of nitrogens with one attached hydrogen (secondary N) is 2. The van der Waals surface area contributed by atoms with Crippen molar-refractivity contribution in [2.24, 2.45) is 7.05 Å². The molecule has 0 aromatic carbocycles. The fourth-order valence-corrected chi connectivity index (χ4v) is 1.74. The summed E-state index contributed by atoms with van der Waals surface area (Å²) in [5.41, 5.74) is 0. The third kappa shape index (κ3) is 2.93. The lowest BCUT2D eigenvalue weighted by molar-refractivity contribution is -0.136. The van der Waals surface area contributed by atoms with Gasteiger partial charge in [-0.05, 0) is 19.3 Å². The average Bonchev–Trinajstić information content (AvgIpc) is 2.76. The van der Waals surface area contributed by atoms with Gasteiger partial charge in [0.15, 0.2) is 0 Å². The fourth-order valence-electron chi connectivity index (χ4n) is 1.74. The zero-order valence-electron chi connectivity index (χ0n) is 10.1. The van der Waals surface area contributed by atoms with E-state index in [4.69, 9.17) is 0 Å². The minimum atomic E-state index is -0.722. The molecule has 0 bridgehead atoms. The van der Waals surface area contributed by atoms with E-state index >= 15 is 0 Å². The molecule has 0 radical (unpaired) electrons. The van der Waals surface area contributed by atoms with Crippen LogP contribution in [0, 0.1) is 0 Å². The number of carbonyl (C=O) groups is 2. The quantitative estimate of drug-likeness (QED) is 0.569. The summed E-state index contributed by atoms with van der Waals surface area (Å²) in [4.78, 5) is 27.1. The Morgan fingerprint density at radius 3 is 2.83 bits per heavy atom. The number of amides is 2. The van der Waals surface area contributed by atoms with Gasteiger partial charge in [0.1, 0.15) is 6.33 Å². The SMILES string of the molecule is Cn1ncnc1NC(=O)C(=O)N[C@H]1CC=CCC1. The number of aryl methyl sites for hydroxylation is 1. The van der Waals surface area contributed by atoms with Gasteiger partial charge in [-0.2, -0.15) is 10.1 Å². The Bertz CT molecular complexity index is 480. The molecule has 0 fully saturated rings. The van der Waals surface area contributed by atoms with Gasteiger partial charge in [-0.25, -0.2) is 4.68 Å². The van der Waals surface area contributed by atoms with Crippen LogP contribution in [0.1, 0.15) is 19.3 Å². The van der Waals surface area contributed by atoms with Crippen molar-refractivity contribution in [1.82, 2.24) is 20.1 Å². The van der Waals surface area contributed by atoms with Crippen molar-refractivity contribution in [2.45, 2.75) is 25.3 Å². The number of carbonyl (C=O) groups excluding carboxylic acids is 2. The molecule has 1 aromatic heterocycles. The Balaban J connectivity index is 1.87. The summed E-state index contributed by atoms with van der Waals surface area (Å²) in [6, 6.07) is 0.0350. The molecule has 7 nitrogen and oxygen atoms in total. The molecule has 18 heavy (non-hydrogen) atoms. The van der Waals surface area contributed by atoms with Gasteiger partial charge >= 0.3 is 11.8 Å². The molecular weight excluding hydrogens is 234 g/mol. The summed E-state index contributed by atoms with van der Waals surface area (Å²) in [6.45, 7) is 0. The number of rotatable bonds is 2. The normalized spacial score (nSPS) is 18.4. The van der Waals surface area contributed by atoms with Crippen molar-refractivity contribution in [3.8, 4) is 0 Å². The molecular formula is C11H15N5O2. The first-order chi connectivity index (χ1) is 8.66. The van der Waals surface area contributed by atoms with Crippen LogP contribution in [0.3, 0.4) is 0 Å². The smallest absolute Gasteiger partial charge is 0.316 e. The van der Waals surface area contributed by atoms with Crippen LogP contribution in [0.25, 0.3) is 0 Å². The molecule has 2 N–H and O–H groups in total. The highest BCUT2D eigenvalue weighted by Crippen LogP contribution is 2.10. The molecule has 0 unspecified atom stereocenters. The largest absolute Gasteiger partial charge is 0.345 e. The zero-order valence-corrected chi connectivity index (χ0v) is 10.1. The van der Waals surface area contributed by atoms with Gasteiger partial charge in [-0.3, -0.25) is 14.9 Å². The first kappa shape index (κ1) is 12.3. The molecule has 2 rings (SSSR count).